The van der Waals surface area contributed by atoms with Gasteiger partial charge in [-0.1, -0.05) is 0 Å². The van der Waals surface area contributed by atoms with E-state index in [0.29, 0.717) is 0 Å². The first-order chi connectivity index (χ1) is 9.08. The largest absolute Gasteiger partial charge is 0.481 e. The maximum Gasteiger partial charge on any atom is 0.338 e. The molecule has 0 aliphatic rings. The van der Waals surface area contributed by atoms with Crippen LogP contribution in [0, 0.1) is 0 Å². The summed E-state index contributed by atoms with van der Waals surface area (Å²) in [6.45, 7) is 0. The molecule has 0 aromatic heterocycles. The molecule has 114 valence electrons. The minimum Gasteiger partial charge on any atom is -0.481 e. The lowest BCUT2D eigenvalue weighted by Gasteiger charge is -2.29. The monoisotopic (exact) mass is 291 g/mol. The fourth-order valence-electron chi connectivity index (χ4n) is 1.40. The number of carbonyl (C=O) groups is 4. The lowest BCUT2D eigenvalue weighted by Crippen LogP contribution is -2.64. The van der Waals surface area contributed by atoms with Crippen LogP contribution in [0.4, 0.5) is 0 Å². The molecule has 0 saturated carbocycles. The number of carbonyl (C=O) groups excluding carboxylic acids is 1. The zero-order chi connectivity index (χ0) is 15.9. The second-order valence-corrected chi connectivity index (χ2v) is 4.21. The summed E-state index contributed by atoms with van der Waals surface area (Å²) in [7, 11) is 0. The number of rotatable bonds is 10. The van der Waals surface area contributed by atoms with Crippen molar-refractivity contribution in [2.24, 2.45) is 11.5 Å². The Kier molecular flexibility index (Phi) is 6.59. The normalized spacial score (nSPS) is 15.1. The lowest BCUT2D eigenvalue weighted by atomic mass is 10.0. The topological polar surface area (TPSA) is 193 Å². The summed E-state index contributed by atoms with van der Waals surface area (Å²) in [5, 5.41) is 28.6. The van der Waals surface area contributed by atoms with Crippen molar-refractivity contribution in [3.63, 3.8) is 0 Å². The maximum absolute atomic E-state index is 11.1. The zero-order valence-electron chi connectivity index (χ0n) is 10.5. The van der Waals surface area contributed by atoms with E-state index in [1.165, 1.54) is 0 Å². The SMILES string of the molecule is NC(=O)CC[C@@](N)(N[C@@H](CCC(=O)O)C(=O)O)C(=O)O. The van der Waals surface area contributed by atoms with Crippen LogP contribution in [0.5, 0.6) is 0 Å². The van der Waals surface area contributed by atoms with E-state index in [2.05, 4.69) is 5.32 Å². The van der Waals surface area contributed by atoms with Crippen LogP contribution in [-0.2, 0) is 19.2 Å². The van der Waals surface area contributed by atoms with E-state index in [0.717, 1.165) is 0 Å². The highest BCUT2D eigenvalue weighted by Gasteiger charge is 2.38. The Morgan fingerprint density at radius 1 is 1.10 bits per heavy atom. The van der Waals surface area contributed by atoms with Gasteiger partial charge in [0.05, 0.1) is 0 Å². The lowest BCUT2D eigenvalue weighted by molar-refractivity contribution is -0.147. The highest BCUT2D eigenvalue weighted by molar-refractivity contribution is 5.82. The zero-order valence-corrected chi connectivity index (χ0v) is 10.5. The highest BCUT2D eigenvalue weighted by atomic mass is 16.4. The van der Waals surface area contributed by atoms with Crippen LogP contribution in [0.2, 0.25) is 0 Å². The third-order valence-corrected chi connectivity index (χ3v) is 2.52. The summed E-state index contributed by atoms with van der Waals surface area (Å²) < 4.78 is 0. The molecular formula is C10H17N3O7. The molecule has 20 heavy (non-hydrogen) atoms. The number of carboxylic acid groups (broad SMARTS) is 3. The number of primary amides is 1. The minimum absolute atomic E-state index is 0.354. The molecule has 0 heterocycles. The molecule has 0 unspecified atom stereocenters. The third kappa shape index (κ3) is 6.11. The van der Waals surface area contributed by atoms with Crippen LogP contribution < -0.4 is 16.8 Å². The van der Waals surface area contributed by atoms with Gasteiger partial charge in [-0.05, 0) is 12.8 Å². The van der Waals surface area contributed by atoms with E-state index in [-0.39, 0.29) is 12.8 Å². The number of hydrogen-bond donors (Lipinski definition) is 6. The molecule has 8 N–H and O–H groups in total. The van der Waals surface area contributed by atoms with E-state index in [1.807, 2.05) is 0 Å². The molecule has 10 heteroatoms. The third-order valence-electron chi connectivity index (χ3n) is 2.52. The molecule has 0 aliphatic heterocycles. The van der Waals surface area contributed by atoms with Gasteiger partial charge >= 0.3 is 17.9 Å². The van der Waals surface area contributed by atoms with Crippen molar-refractivity contribution in [3.8, 4) is 0 Å². The van der Waals surface area contributed by atoms with Crippen molar-refractivity contribution in [3.05, 3.63) is 0 Å². The van der Waals surface area contributed by atoms with Crippen molar-refractivity contribution >= 4 is 23.8 Å². The Labute approximate surface area is 113 Å². The van der Waals surface area contributed by atoms with Gasteiger partial charge in [0.1, 0.15) is 6.04 Å². The average molecular weight is 291 g/mol. The minimum atomic E-state index is -2.18. The smallest absolute Gasteiger partial charge is 0.338 e. The van der Waals surface area contributed by atoms with Crippen LogP contribution in [0.3, 0.4) is 0 Å². The number of carboxylic acids is 3. The van der Waals surface area contributed by atoms with E-state index >= 15 is 0 Å². The van der Waals surface area contributed by atoms with Gasteiger partial charge in [-0.3, -0.25) is 19.7 Å². The van der Waals surface area contributed by atoms with E-state index in [9.17, 15) is 19.2 Å². The molecule has 0 spiro atoms. The van der Waals surface area contributed by atoms with Crippen molar-refractivity contribution < 1.29 is 34.5 Å². The van der Waals surface area contributed by atoms with E-state index in [4.69, 9.17) is 26.8 Å². The molecule has 0 saturated heterocycles. The highest BCUT2D eigenvalue weighted by Crippen LogP contribution is 2.10. The molecule has 0 rings (SSSR count). The van der Waals surface area contributed by atoms with Gasteiger partial charge in [-0.15, -0.1) is 0 Å². The van der Waals surface area contributed by atoms with Crippen molar-refractivity contribution in [2.45, 2.75) is 37.4 Å². The van der Waals surface area contributed by atoms with Gasteiger partial charge in [0, 0.05) is 12.8 Å². The second kappa shape index (κ2) is 7.40. The number of nitrogens with two attached hydrogens (primary N) is 2. The van der Waals surface area contributed by atoms with Crippen LogP contribution in [0.15, 0.2) is 0 Å². The molecule has 2 atom stereocenters. The summed E-state index contributed by atoms with van der Waals surface area (Å²) in [6, 6.07) is -1.47. The first kappa shape index (κ1) is 17.8. The predicted octanol–water partition coefficient (Wildman–Crippen LogP) is -2.10. The average Bonchev–Trinajstić information content (AvgIpc) is 2.31. The first-order valence-electron chi connectivity index (χ1n) is 5.61. The standard InChI is InChI=1S/C10H17N3O7/c11-6(14)3-4-10(12,9(19)20)13-5(8(17)18)1-2-7(15)16/h5,13H,1-4,12H2,(H2,11,14)(H,15,16)(H,17,18)(H,19,20)/t5-,10+/m0/s1. The molecule has 0 aliphatic carbocycles. The van der Waals surface area contributed by atoms with Gasteiger partial charge in [0.25, 0.3) is 0 Å². The Bertz CT molecular complexity index is 412. The van der Waals surface area contributed by atoms with Crippen LogP contribution >= 0.6 is 0 Å². The van der Waals surface area contributed by atoms with Crippen LogP contribution in [-0.4, -0.2) is 50.8 Å². The second-order valence-electron chi connectivity index (χ2n) is 4.21. The summed E-state index contributed by atoms with van der Waals surface area (Å²) in [5.41, 5.74) is 8.20. The summed E-state index contributed by atoms with van der Waals surface area (Å²) in [4.78, 5) is 43.1. The van der Waals surface area contributed by atoms with Gasteiger partial charge in [-0.2, -0.15) is 0 Å². The molecule has 0 aromatic carbocycles. The number of aliphatic carboxylic acids is 3. The quantitative estimate of drug-likeness (QED) is 0.244. The number of amides is 1. The van der Waals surface area contributed by atoms with Crippen LogP contribution in [0.25, 0.3) is 0 Å². The summed E-state index contributed by atoms with van der Waals surface area (Å²) in [5.74, 6) is -5.03. The van der Waals surface area contributed by atoms with Gasteiger partial charge < -0.3 is 26.8 Å². The van der Waals surface area contributed by atoms with Crippen LogP contribution in [0.1, 0.15) is 25.7 Å². The van der Waals surface area contributed by atoms with Crippen molar-refractivity contribution in [1.82, 2.24) is 5.32 Å². The number of nitrogens with one attached hydrogen (secondary N) is 1. The molecule has 0 bridgehead atoms. The summed E-state index contributed by atoms with van der Waals surface area (Å²) >= 11 is 0. The fourth-order valence-corrected chi connectivity index (χ4v) is 1.40. The fraction of sp³-hybridized carbons (Fsp3) is 0.600. The Hall–Kier alpha value is -2.20. The van der Waals surface area contributed by atoms with E-state index < -0.39 is 48.4 Å². The summed E-state index contributed by atoms with van der Waals surface area (Å²) in [6.07, 6.45) is -1.61. The Balaban J connectivity index is 4.89. The Morgan fingerprint density at radius 3 is 2.00 bits per heavy atom. The first-order valence-corrected chi connectivity index (χ1v) is 5.61. The van der Waals surface area contributed by atoms with Gasteiger partial charge in [0.2, 0.25) is 5.91 Å². The predicted molar refractivity (Wildman–Crippen MR) is 64.4 cm³/mol. The molecule has 10 nitrogen and oxygen atoms in total. The molecule has 0 aromatic rings. The molecule has 0 fully saturated rings. The molecular weight excluding hydrogens is 274 g/mol. The maximum atomic E-state index is 11.1. The molecule has 0 radical (unpaired) electrons. The van der Waals surface area contributed by atoms with Gasteiger partial charge in [0.15, 0.2) is 5.66 Å². The number of hydrogen-bond acceptors (Lipinski definition) is 6. The van der Waals surface area contributed by atoms with Crippen molar-refractivity contribution in [2.75, 3.05) is 0 Å². The van der Waals surface area contributed by atoms with E-state index in [1.54, 1.807) is 0 Å². The Morgan fingerprint density at radius 2 is 1.65 bits per heavy atom. The van der Waals surface area contributed by atoms with Gasteiger partial charge in [-0.25, -0.2) is 4.79 Å². The van der Waals surface area contributed by atoms with Crippen molar-refractivity contribution in [1.29, 1.82) is 0 Å². The molecule has 1 amide bonds.